The van der Waals surface area contributed by atoms with E-state index in [0.717, 1.165) is 0 Å². The summed E-state index contributed by atoms with van der Waals surface area (Å²) in [5.41, 5.74) is 6.73. The molecule has 0 bridgehead atoms. The average Bonchev–Trinajstić information content (AvgIpc) is 2.97. The van der Waals surface area contributed by atoms with Gasteiger partial charge in [0.25, 0.3) is 5.89 Å². The minimum atomic E-state index is 0.328. The predicted octanol–water partition coefficient (Wildman–Crippen LogP) is 1.54. The quantitative estimate of drug-likeness (QED) is 0.745. The van der Waals surface area contributed by atoms with Crippen molar-refractivity contribution >= 4 is 16.5 Å². The Balaban J connectivity index is 1.99. The lowest BCUT2D eigenvalue weighted by Crippen LogP contribution is -1.91. The van der Waals surface area contributed by atoms with Crippen molar-refractivity contribution in [3.05, 3.63) is 23.5 Å². The third-order valence-electron chi connectivity index (χ3n) is 2.17. The second kappa shape index (κ2) is 4.15. The number of thiazole rings is 1. The van der Waals surface area contributed by atoms with Gasteiger partial charge in [-0.3, -0.25) is 0 Å². The topological polar surface area (TPSA) is 104 Å². The van der Waals surface area contributed by atoms with Crippen molar-refractivity contribution in [1.29, 1.82) is 0 Å². The second-order valence-electron chi connectivity index (χ2n) is 3.48. The molecular formula is C10H8N6OS. The minimum absolute atomic E-state index is 0.328. The van der Waals surface area contributed by atoms with Gasteiger partial charge in [-0.1, -0.05) is 5.16 Å². The van der Waals surface area contributed by atoms with Gasteiger partial charge in [-0.2, -0.15) is 4.98 Å². The van der Waals surface area contributed by atoms with Crippen LogP contribution in [0.3, 0.4) is 0 Å². The van der Waals surface area contributed by atoms with E-state index in [1.54, 1.807) is 24.6 Å². The normalized spacial score (nSPS) is 10.7. The summed E-state index contributed by atoms with van der Waals surface area (Å²) in [7, 11) is 0. The Bertz CT molecular complexity index is 691. The summed E-state index contributed by atoms with van der Waals surface area (Å²) in [6, 6.07) is 1.72. The van der Waals surface area contributed by atoms with E-state index in [9.17, 15) is 0 Å². The van der Waals surface area contributed by atoms with Gasteiger partial charge in [-0.25, -0.2) is 15.0 Å². The van der Waals surface area contributed by atoms with Crippen LogP contribution in [0.15, 0.2) is 22.2 Å². The summed E-state index contributed by atoms with van der Waals surface area (Å²) in [6.45, 7) is 1.80. The van der Waals surface area contributed by atoms with E-state index in [1.165, 1.54) is 11.3 Å². The number of aryl methyl sites for hydroxylation is 1. The molecule has 7 nitrogen and oxygen atoms in total. The van der Waals surface area contributed by atoms with Gasteiger partial charge in [0.1, 0.15) is 17.2 Å². The van der Waals surface area contributed by atoms with E-state index in [0.29, 0.717) is 34.1 Å². The Hall–Kier alpha value is -2.35. The molecule has 0 aliphatic carbocycles. The summed E-state index contributed by atoms with van der Waals surface area (Å²) in [6.07, 6.45) is 1.65. The molecule has 0 spiro atoms. The van der Waals surface area contributed by atoms with E-state index in [-0.39, 0.29) is 0 Å². The van der Waals surface area contributed by atoms with Crippen LogP contribution in [-0.4, -0.2) is 25.1 Å². The Morgan fingerprint density at radius 3 is 2.83 bits per heavy atom. The number of nitrogen functional groups attached to an aromatic ring is 1. The van der Waals surface area contributed by atoms with E-state index in [4.69, 9.17) is 10.3 Å². The molecule has 3 heterocycles. The number of nitrogens with two attached hydrogens (primary N) is 1. The Labute approximate surface area is 106 Å². The van der Waals surface area contributed by atoms with Crippen LogP contribution in [0.25, 0.3) is 23.1 Å². The maximum absolute atomic E-state index is 5.55. The molecule has 0 saturated heterocycles. The van der Waals surface area contributed by atoms with Crippen LogP contribution in [0, 0.1) is 6.92 Å². The fourth-order valence-corrected chi connectivity index (χ4v) is 1.94. The first kappa shape index (κ1) is 10.8. The van der Waals surface area contributed by atoms with Crippen LogP contribution >= 0.6 is 11.3 Å². The minimum Gasteiger partial charge on any atom is -0.375 e. The molecule has 0 fully saturated rings. The molecule has 0 atom stereocenters. The smallest absolute Gasteiger partial charge is 0.277 e. The first-order valence-electron chi connectivity index (χ1n) is 5.07. The summed E-state index contributed by atoms with van der Waals surface area (Å²) >= 11 is 1.32. The van der Waals surface area contributed by atoms with Crippen LogP contribution in [0.2, 0.25) is 0 Å². The van der Waals surface area contributed by atoms with E-state index in [2.05, 4.69) is 25.1 Å². The van der Waals surface area contributed by atoms with Crippen LogP contribution in [-0.2, 0) is 0 Å². The molecule has 0 aromatic carbocycles. The second-order valence-corrected chi connectivity index (χ2v) is 4.37. The van der Waals surface area contributed by atoms with Crippen molar-refractivity contribution in [3.63, 3.8) is 0 Å². The number of nitrogens with zero attached hydrogens (tertiary/aromatic N) is 5. The summed E-state index contributed by atoms with van der Waals surface area (Å²) in [5.74, 6) is 1.38. The molecule has 0 radical (unpaired) electrons. The summed E-state index contributed by atoms with van der Waals surface area (Å²) in [4.78, 5) is 16.5. The Morgan fingerprint density at radius 2 is 2.11 bits per heavy atom. The van der Waals surface area contributed by atoms with Crippen molar-refractivity contribution in [3.8, 4) is 23.1 Å². The van der Waals surface area contributed by atoms with E-state index in [1.807, 2.05) is 0 Å². The highest BCUT2D eigenvalue weighted by Gasteiger charge is 2.14. The highest BCUT2D eigenvalue weighted by molar-refractivity contribution is 7.13. The van der Waals surface area contributed by atoms with Gasteiger partial charge in [0, 0.05) is 11.6 Å². The van der Waals surface area contributed by atoms with Gasteiger partial charge in [0.05, 0.1) is 0 Å². The molecular weight excluding hydrogens is 252 g/mol. The Morgan fingerprint density at radius 1 is 1.22 bits per heavy atom. The zero-order valence-electron chi connectivity index (χ0n) is 9.36. The maximum Gasteiger partial charge on any atom is 0.277 e. The van der Waals surface area contributed by atoms with Crippen molar-refractivity contribution in [2.75, 3.05) is 5.73 Å². The summed E-state index contributed by atoms with van der Waals surface area (Å²) < 4.78 is 5.13. The SMILES string of the molecule is Cc1nccc(-c2noc(-c3csc(N)n3)n2)n1. The third kappa shape index (κ3) is 1.93. The average molecular weight is 260 g/mol. The first-order valence-corrected chi connectivity index (χ1v) is 5.95. The lowest BCUT2D eigenvalue weighted by Gasteiger charge is -1.93. The van der Waals surface area contributed by atoms with Gasteiger partial charge in [0.2, 0.25) is 5.82 Å². The number of rotatable bonds is 2. The molecule has 0 unspecified atom stereocenters. The predicted molar refractivity (Wildman–Crippen MR) is 65.6 cm³/mol. The zero-order valence-corrected chi connectivity index (χ0v) is 10.2. The molecule has 8 heteroatoms. The lowest BCUT2D eigenvalue weighted by molar-refractivity contribution is 0.431. The molecule has 0 aliphatic heterocycles. The molecule has 0 saturated carbocycles. The molecule has 2 N–H and O–H groups in total. The third-order valence-corrected chi connectivity index (χ3v) is 2.85. The van der Waals surface area contributed by atoms with Crippen LogP contribution in [0.1, 0.15) is 5.82 Å². The summed E-state index contributed by atoms with van der Waals surface area (Å²) in [5, 5.41) is 6.08. The molecule has 0 amide bonds. The molecule has 18 heavy (non-hydrogen) atoms. The maximum atomic E-state index is 5.55. The number of hydrogen-bond acceptors (Lipinski definition) is 8. The number of hydrogen-bond donors (Lipinski definition) is 1. The fraction of sp³-hybridized carbons (Fsp3) is 0.100. The van der Waals surface area contributed by atoms with E-state index >= 15 is 0 Å². The van der Waals surface area contributed by atoms with Crippen LogP contribution in [0.5, 0.6) is 0 Å². The lowest BCUT2D eigenvalue weighted by atomic mass is 10.4. The molecule has 0 aliphatic rings. The van der Waals surface area contributed by atoms with Gasteiger partial charge in [0.15, 0.2) is 5.13 Å². The van der Waals surface area contributed by atoms with Crippen LogP contribution in [0.4, 0.5) is 5.13 Å². The fourth-order valence-electron chi connectivity index (χ4n) is 1.40. The van der Waals surface area contributed by atoms with Gasteiger partial charge in [-0.05, 0) is 13.0 Å². The van der Waals surface area contributed by atoms with Gasteiger partial charge < -0.3 is 10.3 Å². The van der Waals surface area contributed by atoms with Gasteiger partial charge >= 0.3 is 0 Å². The monoisotopic (exact) mass is 260 g/mol. The van der Waals surface area contributed by atoms with Crippen molar-refractivity contribution < 1.29 is 4.52 Å². The van der Waals surface area contributed by atoms with Crippen LogP contribution < -0.4 is 5.73 Å². The van der Waals surface area contributed by atoms with Gasteiger partial charge in [-0.15, -0.1) is 11.3 Å². The number of anilines is 1. The Kier molecular flexibility index (Phi) is 2.49. The standard InChI is InChI=1S/C10H8N6OS/c1-5-12-3-2-6(13-5)8-15-9(17-16-8)7-4-18-10(11)14-7/h2-4H,1H3,(H2,11,14). The molecule has 90 valence electrons. The van der Waals surface area contributed by atoms with Crippen molar-refractivity contribution in [2.45, 2.75) is 6.92 Å². The van der Waals surface area contributed by atoms with Crippen molar-refractivity contribution in [2.24, 2.45) is 0 Å². The zero-order chi connectivity index (χ0) is 12.5. The first-order chi connectivity index (χ1) is 8.72. The molecule has 3 aromatic rings. The van der Waals surface area contributed by atoms with Crippen molar-refractivity contribution in [1.82, 2.24) is 25.1 Å². The molecule has 3 aromatic heterocycles. The molecule has 3 rings (SSSR count). The highest BCUT2D eigenvalue weighted by atomic mass is 32.1. The number of aromatic nitrogens is 5. The largest absolute Gasteiger partial charge is 0.375 e. The van der Waals surface area contributed by atoms with E-state index < -0.39 is 0 Å². The highest BCUT2D eigenvalue weighted by Crippen LogP contribution is 2.23.